The second-order valence-electron chi connectivity index (χ2n) is 4.62. The molecular weight excluding hydrogens is 254 g/mol. The van der Waals surface area contributed by atoms with E-state index in [2.05, 4.69) is 0 Å². The van der Waals surface area contributed by atoms with Crippen molar-refractivity contribution in [3.05, 3.63) is 38.9 Å². The zero-order valence-corrected chi connectivity index (χ0v) is 10.7. The molecule has 2 rings (SSSR count). The van der Waals surface area contributed by atoms with Gasteiger partial charge in [0.1, 0.15) is 5.02 Å². The number of rotatable bonds is 3. The zero-order chi connectivity index (χ0) is 13.1. The van der Waals surface area contributed by atoms with Crippen LogP contribution in [0.4, 0.5) is 5.69 Å². The van der Waals surface area contributed by atoms with Gasteiger partial charge >= 0.3 is 0 Å². The normalized spacial score (nSPS) is 16.5. The fourth-order valence-electron chi connectivity index (χ4n) is 2.41. The van der Waals surface area contributed by atoms with Gasteiger partial charge in [-0.1, -0.05) is 30.9 Å². The molecule has 4 nitrogen and oxygen atoms in total. The Balaban J connectivity index is 2.24. The number of Topliss-reactive ketones (excluding diaryl/α,β-unsaturated/α-hetero) is 1. The van der Waals surface area contributed by atoms with Crippen molar-refractivity contribution in [2.75, 3.05) is 0 Å². The predicted molar refractivity (Wildman–Crippen MR) is 69.0 cm³/mol. The maximum Gasteiger partial charge on any atom is 0.288 e. The van der Waals surface area contributed by atoms with E-state index in [1.165, 1.54) is 18.6 Å². The first-order valence-electron chi connectivity index (χ1n) is 6.08. The molecule has 1 saturated carbocycles. The van der Waals surface area contributed by atoms with Crippen molar-refractivity contribution in [1.82, 2.24) is 0 Å². The summed E-state index contributed by atoms with van der Waals surface area (Å²) >= 11 is 5.73. The summed E-state index contributed by atoms with van der Waals surface area (Å²) in [6.07, 6.45) is 5.06. The second kappa shape index (κ2) is 5.48. The van der Waals surface area contributed by atoms with Gasteiger partial charge < -0.3 is 0 Å². The van der Waals surface area contributed by atoms with Gasteiger partial charge in [0.05, 0.1) is 4.92 Å². The van der Waals surface area contributed by atoms with Crippen molar-refractivity contribution < 1.29 is 9.72 Å². The number of benzene rings is 1. The molecule has 0 saturated heterocycles. The molecule has 0 aromatic heterocycles. The monoisotopic (exact) mass is 267 g/mol. The first-order valence-corrected chi connectivity index (χ1v) is 6.45. The van der Waals surface area contributed by atoms with E-state index >= 15 is 0 Å². The fraction of sp³-hybridized carbons (Fsp3) is 0.462. The van der Waals surface area contributed by atoms with Gasteiger partial charge in [-0.15, -0.1) is 0 Å². The van der Waals surface area contributed by atoms with Gasteiger partial charge in [-0.2, -0.15) is 0 Å². The van der Waals surface area contributed by atoms with Gasteiger partial charge in [0, 0.05) is 17.5 Å². The van der Waals surface area contributed by atoms with Gasteiger partial charge in [-0.05, 0) is 25.0 Å². The quantitative estimate of drug-likeness (QED) is 0.472. The van der Waals surface area contributed by atoms with Crippen LogP contribution in [0.5, 0.6) is 0 Å². The number of carbonyl (C=O) groups excluding carboxylic acids is 1. The third-order valence-electron chi connectivity index (χ3n) is 3.40. The molecule has 0 spiro atoms. The number of hydrogen-bond acceptors (Lipinski definition) is 3. The highest BCUT2D eigenvalue weighted by Gasteiger charge is 2.24. The lowest BCUT2D eigenvalue weighted by Gasteiger charge is -2.20. The van der Waals surface area contributed by atoms with E-state index in [0.717, 1.165) is 25.7 Å². The van der Waals surface area contributed by atoms with Crippen LogP contribution in [0.1, 0.15) is 42.5 Å². The van der Waals surface area contributed by atoms with E-state index in [-0.39, 0.29) is 22.4 Å². The number of carbonyl (C=O) groups is 1. The second-order valence-corrected chi connectivity index (χ2v) is 5.03. The van der Waals surface area contributed by atoms with E-state index < -0.39 is 4.92 Å². The molecule has 0 aliphatic heterocycles. The lowest BCUT2D eigenvalue weighted by atomic mass is 9.84. The Labute approximate surface area is 110 Å². The Kier molecular flexibility index (Phi) is 3.97. The van der Waals surface area contributed by atoms with Crippen LogP contribution >= 0.6 is 11.6 Å². The van der Waals surface area contributed by atoms with Crippen molar-refractivity contribution in [1.29, 1.82) is 0 Å². The van der Waals surface area contributed by atoms with Crippen LogP contribution in [0.2, 0.25) is 5.02 Å². The largest absolute Gasteiger partial charge is 0.294 e. The zero-order valence-electron chi connectivity index (χ0n) is 9.89. The maximum absolute atomic E-state index is 12.2. The van der Waals surface area contributed by atoms with Gasteiger partial charge in [0.2, 0.25) is 0 Å². The summed E-state index contributed by atoms with van der Waals surface area (Å²) in [7, 11) is 0. The molecule has 0 heterocycles. The number of halogens is 1. The summed E-state index contributed by atoms with van der Waals surface area (Å²) < 4.78 is 0. The SMILES string of the molecule is O=C(c1ccc(Cl)c([N+](=O)[O-])c1)C1CCCCC1. The number of ketones is 1. The van der Waals surface area contributed by atoms with Crippen molar-refractivity contribution in [3.8, 4) is 0 Å². The topological polar surface area (TPSA) is 60.2 Å². The summed E-state index contributed by atoms with van der Waals surface area (Å²) in [5.74, 6) is 0.0222. The number of nitro groups is 1. The molecule has 1 fully saturated rings. The molecule has 0 bridgehead atoms. The predicted octanol–water partition coefficient (Wildman–Crippen LogP) is 4.01. The molecule has 1 aromatic rings. The van der Waals surface area contributed by atoms with Crippen molar-refractivity contribution in [2.24, 2.45) is 5.92 Å². The van der Waals surface area contributed by atoms with Gasteiger partial charge in [0.15, 0.2) is 5.78 Å². The standard InChI is InChI=1S/C13H14ClNO3/c14-11-7-6-10(8-12(11)15(17)18)13(16)9-4-2-1-3-5-9/h6-9H,1-5H2. The molecule has 0 unspecified atom stereocenters. The molecule has 0 amide bonds. The molecule has 96 valence electrons. The van der Waals surface area contributed by atoms with Gasteiger partial charge in [-0.3, -0.25) is 14.9 Å². The van der Waals surface area contributed by atoms with E-state index in [0.29, 0.717) is 5.56 Å². The Morgan fingerprint density at radius 2 is 1.94 bits per heavy atom. The first-order chi connectivity index (χ1) is 8.59. The smallest absolute Gasteiger partial charge is 0.288 e. The lowest BCUT2D eigenvalue weighted by molar-refractivity contribution is -0.384. The third-order valence-corrected chi connectivity index (χ3v) is 3.72. The Bertz CT molecular complexity index is 481. The highest BCUT2D eigenvalue weighted by molar-refractivity contribution is 6.32. The molecular formula is C13H14ClNO3. The van der Waals surface area contributed by atoms with Crippen molar-refractivity contribution in [3.63, 3.8) is 0 Å². The Morgan fingerprint density at radius 1 is 1.28 bits per heavy atom. The highest BCUT2D eigenvalue weighted by Crippen LogP contribution is 2.30. The van der Waals surface area contributed by atoms with Crippen LogP contribution in [-0.2, 0) is 0 Å². The molecule has 1 aliphatic rings. The molecule has 1 aliphatic carbocycles. The maximum atomic E-state index is 12.2. The van der Waals surface area contributed by atoms with E-state index in [9.17, 15) is 14.9 Å². The summed E-state index contributed by atoms with van der Waals surface area (Å²) in [4.78, 5) is 22.4. The molecule has 0 radical (unpaired) electrons. The number of nitrogens with zero attached hydrogens (tertiary/aromatic N) is 1. The molecule has 18 heavy (non-hydrogen) atoms. The van der Waals surface area contributed by atoms with Gasteiger partial charge in [0.25, 0.3) is 5.69 Å². The summed E-state index contributed by atoms with van der Waals surface area (Å²) in [5, 5.41) is 10.9. The van der Waals surface area contributed by atoms with Crippen LogP contribution in [0.3, 0.4) is 0 Å². The minimum atomic E-state index is -0.556. The van der Waals surface area contributed by atoms with E-state index in [1.807, 2.05) is 0 Å². The third kappa shape index (κ3) is 2.70. The first kappa shape index (κ1) is 13.0. The summed E-state index contributed by atoms with van der Waals surface area (Å²) in [6.45, 7) is 0. The highest BCUT2D eigenvalue weighted by atomic mass is 35.5. The van der Waals surface area contributed by atoms with Crippen molar-refractivity contribution in [2.45, 2.75) is 32.1 Å². The minimum Gasteiger partial charge on any atom is -0.294 e. The van der Waals surface area contributed by atoms with Crippen LogP contribution < -0.4 is 0 Å². The van der Waals surface area contributed by atoms with Crippen LogP contribution in [0.25, 0.3) is 0 Å². The van der Waals surface area contributed by atoms with Crippen molar-refractivity contribution >= 4 is 23.1 Å². The minimum absolute atomic E-state index is 0.00877. The number of hydrogen-bond donors (Lipinski definition) is 0. The molecule has 1 aromatic carbocycles. The average molecular weight is 268 g/mol. The number of nitro benzene ring substituents is 1. The Morgan fingerprint density at radius 3 is 2.56 bits per heavy atom. The summed E-state index contributed by atoms with van der Waals surface area (Å²) in [6, 6.07) is 4.29. The van der Waals surface area contributed by atoms with Crippen LogP contribution in [0, 0.1) is 16.0 Å². The van der Waals surface area contributed by atoms with E-state index in [4.69, 9.17) is 11.6 Å². The van der Waals surface area contributed by atoms with E-state index in [1.54, 1.807) is 6.07 Å². The van der Waals surface area contributed by atoms with Gasteiger partial charge in [-0.25, -0.2) is 0 Å². The fourth-order valence-corrected chi connectivity index (χ4v) is 2.59. The summed E-state index contributed by atoms with van der Waals surface area (Å²) in [5.41, 5.74) is 0.205. The molecule has 5 heteroatoms. The van der Waals surface area contributed by atoms with Crippen LogP contribution in [-0.4, -0.2) is 10.7 Å². The average Bonchev–Trinajstić information content (AvgIpc) is 2.39. The van der Waals surface area contributed by atoms with Crippen LogP contribution in [0.15, 0.2) is 18.2 Å². The lowest BCUT2D eigenvalue weighted by Crippen LogP contribution is -2.17. The molecule has 0 N–H and O–H groups in total. The molecule has 0 atom stereocenters. The Hall–Kier alpha value is -1.42.